The first-order valence-electron chi connectivity index (χ1n) is 8.00. The molecule has 3 heterocycles. The Hall–Kier alpha value is -2.34. The van der Waals surface area contributed by atoms with Crippen LogP contribution in [0.3, 0.4) is 0 Å². The number of likely N-dealkylation sites (tertiary alicyclic amines) is 1. The summed E-state index contributed by atoms with van der Waals surface area (Å²) in [5.41, 5.74) is 1.55. The van der Waals surface area contributed by atoms with Gasteiger partial charge in [0.2, 0.25) is 0 Å². The lowest BCUT2D eigenvalue weighted by Crippen LogP contribution is -2.28. The van der Waals surface area contributed by atoms with Gasteiger partial charge in [-0.25, -0.2) is 4.68 Å². The summed E-state index contributed by atoms with van der Waals surface area (Å²) in [6.07, 6.45) is 7.70. The van der Waals surface area contributed by atoms with E-state index in [1.807, 2.05) is 62.9 Å². The minimum Gasteiger partial charge on any atom is -0.338 e. The summed E-state index contributed by atoms with van der Waals surface area (Å²) in [5.74, 6) is 0.832. The Labute approximate surface area is 148 Å². The molecule has 2 aromatic heterocycles. The van der Waals surface area contributed by atoms with Crippen LogP contribution < -0.4 is 0 Å². The second kappa shape index (κ2) is 6.28. The molecule has 0 bridgehead atoms. The predicted molar refractivity (Wildman–Crippen MR) is 95.7 cm³/mol. The number of nitrogens with zero attached hydrogens (tertiary/aromatic N) is 4. The Balaban J connectivity index is 1.83. The van der Waals surface area contributed by atoms with E-state index in [4.69, 9.17) is 0 Å². The van der Waals surface area contributed by atoms with Crippen molar-refractivity contribution in [1.29, 1.82) is 0 Å². The average Bonchev–Trinajstić information content (AvgIpc) is 3.34. The molecular weight excluding hydrogens is 368 g/mol. The number of halogens is 1. The summed E-state index contributed by atoms with van der Waals surface area (Å²) in [5, 5.41) is 4.50. The molecule has 1 fully saturated rings. The molecule has 5 nitrogen and oxygen atoms in total. The van der Waals surface area contributed by atoms with E-state index in [1.165, 1.54) is 0 Å². The van der Waals surface area contributed by atoms with Crippen molar-refractivity contribution in [3.05, 3.63) is 65.0 Å². The van der Waals surface area contributed by atoms with Crippen molar-refractivity contribution in [2.75, 3.05) is 13.1 Å². The van der Waals surface area contributed by atoms with E-state index in [2.05, 4.69) is 21.0 Å². The van der Waals surface area contributed by atoms with Crippen LogP contribution in [0.2, 0.25) is 0 Å². The van der Waals surface area contributed by atoms with Gasteiger partial charge in [-0.2, -0.15) is 5.10 Å². The van der Waals surface area contributed by atoms with E-state index in [0.717, 1.165) is 41.9 Å². The Morgan fingerprint density at radius 2 is 1.71 bits per heavy atom. The Kier molecular flexibility index (Phi) is 3.98. The number of benzene rings is 1. The number of hydrogen-bond donors (Lipinski definition) is 0. The highest BCUT2D eigenvalue weighted by molar-refractivity contribution is 9.10. The Morgan fingerprint density at radius 3 is 2.38 bits per heavy atom. The van der Waals surface area contributed by atoms with Gasteiger partial charge < -0.3 is 9.47 Å². The molecule has 3 aromatic rings. The number of hydrogen-bond acceptors (Lipinski definition) is 2. The van der Waals surface area contributed by atoms with Crippen molar-refractivity contribution in [3.8, 4) is 11.5 Å². The lowest BCUT2D eigenvalue weighted by Gasteiger charge is -2.16. The van der Waals surface area contributed by atoms with Crippen LogP contribution in [-0.2, 0) is 0 Å². The van der Waals surface area contributed by atoms with Crippen LogP contribution in [0.1, 0.15) is 23.2 Å². The van der Waals surface area contributed by atoms with Crippen LogP contribution in [0.4, 0.5) is 0 Å². The highest BCUT2D eigenvalue weighted by Crippen LogP contribution is 2.23. The molecule has 1 amide bonds. The van der Waals surface area contributed by atoms with Crippen LogP contribution in [0, 0.1) is 0 Å². The summed E-state index contributed by atoms with van der Waals surface area (Å²) in [6.45, 7) is 1.65. The molecule has 1 aromatic carbocycles. The van der Waals surface area contributed by atoms with Gasteiger partial charge in [-0.1, -0.05) is 15.9 Å². The van der Waals surface area contributed by atoms with Crippen LogP contribution >= 0.6 is 15.9 Å². The molecule has 0 unspecified atom stereocenters. The molecule has 24 heavy (non-hydrogen) atoms. The smallest absolute Gasteiger partial charge is 0.259 e. The van der Waals surface area contributed by atoms with E-state index in [0.29, 0.717) is 5.56 Å². The third-order valence-corrected chi connectivity index (χ3v) is 4.82. The van der Waals surface area contributed by atoms with Crippen molar-refractivity contribution < 1.29 is 4.79 Å². The number of amides is 1. The van der Waals surface area contributed by atoms with E-state index in [9.17, 15) is 4.79 Å². The molecule has 122 valence electrons. The zero-order valence-corrected chi connectivity index (χ0v) is 14.7. The summed E-state index contributed by atoms with van der Waals surface area (Å²) < 4.78 is 4.77. The number of rotatable bonds is 3. The quantitative estimate of drug-likeness (QED) is 0.691. The average molecular weight is 385 g/mol. The minimum atomic E-state index is 0.0551. The van der Waals surface area contributed by atoms with E-state index < -0.39 is 0 Å². The number of carbonyl (C=O) groups excluding carboxylic acids is 1. The van der Waals surface area contributed by atoms with Gasteiger partial charge in [0.15, 0.2) is 5.82 Å². The molecule has 0 N–H and O–H groups in total. The minimum absolute atomic E-state index is 0.0551. The zero-order chi connectivity index (χ0) is 16.5. The largest absolute Gasteiger partial charge is 0.338 e. The molecule has 0 saturated carbocycles. The molecule has 0 radical (unpaired) electrons. The molecule has 1 saturated heterocycles. The Bertz CT molecular complexity index is 846. The molecular formula is C18H17BrN4O. The first-order chi connectivity index (χ1) is 11.7. The lowest BCUT2D eigenvalue weighted by atomic mass is 10.2. The van der Waals surface area contributed by atoms with E-state index in [1.54, 1.807) is 6.20 Å². The van der Waals surface area contributed by atoms with Gasteiger partial charge in [-0.05, 0) is 49.2 Å². The fourth-order valence-corrected chi connectivity index (χ4v) is 3.34. The first kappa shape index (κ1) is 15.2. The zero-order valence-electron chi connectivity index (χ0n) is 13.1. The summed E-state index contributed by atoms with van der Waals surface area (Å²) >= 11 is 3.45. The van der Waals surface area contributed by atoms with Crippen molar-refractivity contribution >= 4 is 21.8 Å². The third kappa shape index (κ3) is 2.67. The molecule has 0 atom stereocenters. The summed E-state index contributed by atoms with van der Waals surface area (Å²) in [7, 11) is 0. The lowest BCUT2D eigenvalue weighted by molar-refractivity contribution is 0.0793. The van der Waals surface area contributed by atoms with E-state index >= 15 is 0 Å². The Morgan fingerprint density at radius 1 is 1.04 bits per heavy atom. The summed E-state index contributed by atoms with van der Waals surface area (Å²) in [4.78, 5) is 14.8. The number of aromatic nitrogens is 3. The second-order valence-electron chi connectivity index (χ2n) is 5.86. The summed E-state index contributed by atoms with van der Waals surface area (Å²) in [6, 6.07) is 11.8. The molecule has 0 spiro atoms. The first-order valence-corrected chi connectivity index (χ1v) is 8.80. The van der Waals surface area contributed by atoms with Crippen LogP contribution in [0.5, 0.6) is 0 Å². The van der Waals surface area contributed by atoms with Gasteiger partial charge in [-0.15, -0.1) is 0 Å². The monoisotopic (exact) mass is 384 g/mol. The molecule has 1 aliphatic heterocycles. The topological polar surface area (TPSA) is 43.1 Å². The molecule has 6 heteroatoms. The van der Waals surface area contributed by atoms with Crippen LogP contribution in [0.25, 0.3) is 11.5 Å². The van der Waals surface area contributed by atoms with Gasteiger partial charge in [0.1, 0.15) is 5.56 Å². The van der Waals surface area contributed by atoms with E-state index in [-0.39, 0.29) is 5.91 Å². The van der Waals surface area contributed by atoms with Crippen LogP contribution in [0.15, 0.2) is 59.5 Å². The number of carbonyl (C=O) groups is 1. The highest BCUT2D eigenvalue weighted by Gasteiger charge is 2.26. The fourth-order valence-electron chi connectivity index (χ4n) is 3.08. The van der Waals surface area contributed by atoms with Crippen molar-refractivity contribution in [1.82, 2.24) is 19.2 Å². The highest BCUT2D eigenvalue weighted by atomic mass is 79.9. The van der Waals surface area contributed by atoms with Gasteiger partial charge in [0, 0.05) is 30.0 Å². The van der Waals surface area contributed by atoms with Gasteiger partial charge in [0.05, 0.1) is 11.9 Å². The molecule has 0 aliphatic carbocycles. The fraction of sp³-hybridized carbons (Fsp3) is 0.222. The standard InChI is InChI=1S/C18H17BrN4O/c19-14-5-7-15(8-6-14)23-17(21-9-1-2-10-21)16(13-20-23)18(24)22-11-3-4-12-22/h1-2,5-10,13H,3-4,11-12H2. The normalized spacial score (nSPS) is 14.3. The van der Waals surface area contributed by atoms with Crippen molar-refractivity contribution in [3.63, 3.8) is 0 Å². The van der Waals surface area contributed by atoms with Crippen LogP contribution in [-0.4, -0.2) is 38.2 Å². The maximum Gasteiger partial charge on any atom is 0.259 e. The SMILES string of the molecule is O=C(c1cnn(-c2ccc(Br)cc2)c1-n1cccc1)N1CCCC1. The molecule has 1 aliphatic rings. The second-order valence-corrected chi connectivity index (χ2v) is 6.78. The predicted octanol–water partition coefficient (Wildman–Crippen LogP) is 3.66. The van der Waals surface area contributed by atoms with Gasteiger partial charge in [0.25, 0.3) is 5.91 Å². The maximum atomic E-state index is 12.9. The van der Waals surface area contributed by atoms with Gasteiger partial charge in [-0.3, -0.25) is 4.79 Å². The van der Waals surface area contributed by atoms with Gasteiger partial charge >= 0.3 is 0 Å². The third-order valence-electron chi connectivity index (χ3n) is 4.29. The van der Waals surface area contributed by atoms with Crippen molar-refractivity contribution in [2.24, 2.45) is 0 Å². The van der Waals surface area contributed by atoms with Crippen molar-refractivity contribution in [2.45, 2.75) is 12.8 Å². The maximum absolute atomic E-state index is 12.9. The molecule has 4 rings (SSSR count).